The maximum absolute atomic E-state index is 5.72. The molecular weight excluding hydrogens is 264 g/mol. The van der Waals surface area contributed by atoms with Crippen LogP contribution >= 0.6 is 0 Å². The number of aromatic nitrogens is 4. The predicted octanol–water partition coefficient (Wildman–Crippen LogP) is 2.67. The number of nitrogens with two attached hydrogens (primary N) is 1. The monoisotopic (exact) mass is 282 g/mol. The van der Waals surface area contributed by atoms with E-state index in [9.17, 15) is 0 Å². The van der Waals surface area contributed by atoms with Crippen LogP contribution in [0.25, 0.3) is 11.2 Å². The number of aromatic amines is 1. The molecule has 0 amide bonds. The quantitative estimate of drug-likeness (QED) is 0.684. The molecule has 0 bridgehead atoms. The van der Waals surface area contributed by atoms with Crippen molar-refractivity contribution >= 4 is 22.9 Å². The molecule has 1 aromatic carbocycles. The first kappa shape index (κ1) is 13.4. The fourth-order valence-corrected chi connectivity index (χ4v) is 2.28. The Kier molecular flexibility index (Phi) is 3.43. The summed E-state index contributed by atoms with van der Waals surface area (Å²) in [5.74, 6) is 0.882. The Hall–Kier alpha value is -2.63. The van der Waals surface area contributed by atoms with Crippen LogP contribution in [0.5, 0.6) is 0 Å². The molecule has 1 atom stereocenters. The number of imidazole rings is 1. The Morgan fingerprint density at radius 1 is 1.24 bits per heavy atom. The maximum atomic E-state index is 5.72. The van der Waals surface area contributed by atoms with E-state index in [1.165, 1.54) is 11.1 Å². The van der Waals surface area contributed by atoms with Gasteiger partial charge in [0.25, 0.3) is 0 Å². The molecule has 1 unspecified atom stereocenters. The van der Waals surface area contributed by atoms with Gasteiger partial charge in [0.1, 0.15) is 5.52 Å². The van der Waals surface area contributed by atoms with Gasteiger partial charge in [0.15, 0.2) is 11.5 Å². The minimum absolute atomic E-state index is 0.108. The van der Waals surface area contributed by atoms with Crippen LogP contribution in [0.3, 0.4) is 0 Å². The van der Waals surface area contributed by atoms with Gasteiger partial charge >= 0.3 is 0 Å². The number of benzene rings is 1. The third kappa shape index (κ3) is 2.65. The molecule has 0 saturated carbocycles. The van der Waals surface area contributed by atoms with Crippen LogP contribution in [-0.4, -0.2) is 19.9 Å². The lowest BCUT2D eigenvalue weighted by Gasteiger charge is -2.16. The van der Waals surface area contributed by atoms with Gasteiger partial charge < -0.3 is 16.0 Å². The number of rotatable bonds is 4. The molecule has 21 heavy (non-hydrogen) atoms. The highest BCUT2D eigenvalue weighted by atomic mass is 15.1. The van der Waals surface area contributed by atoms with E-state index >= 15 is 0 Å². The first-order chi connectivity index (χ1) is 10.2. The molecule has 108 valence electrons. The lowest BCUT2D eigenvalue weighted by Crippen LogP contribution is -2.10. The number of nitrogens with zero attached hydrogens (tertiary/aromatic N) is 3. The molecule has 0 spiro atoms. The highest BCUT2D eigenvalue weighted by Crippen LogP contribution is 2.23. The Morgan fingerprint density at radius 2 is 2.00 bits per heavy atom. The molecular formula is C15H18N6. The molecule has 0 fully saturated rings. The third-order valence-electron chi connectivity index (χ3n) is 3.54. The molecule has 4 N–H and O–H groups in total. The lowest BCUT2D eigenvalue weighted by molar-refractivity contribution is 0.874. The molecule has 0 aliphatic rings. The Bertz CT molecular complexity index is 746. The highest BCUT2D eigenvalue weighted by Gasteiger charge is 2.12. The normalized spacial score (nSPS) is 12.5. The summed E-state index contributed by atoms with van der Waals surface area (Å²) in [6.07, 6.45) is 2.63. The van der Waals surface area contributed by atoms with E-state index in [1.54, 1.807) is 6.33 Å². The Morgan fingerprint density at radius 3 is 2.71 bits per heavy atom. The average Bonchev–Trinajstić information content (AvgIpc) is 2.95. The fraction of sp³-hybridized carbons (Fsp3) is 0.267. The highest BCUT2D eigenvalue weighted by molar-refractivity contribution is 5.83. The predicted molar refractivity (Wildman–Crippen MR) is 84.0 cm³/mol. The molecule has 0 aliphatic carbocycles. The molecule has 0 saturated heterocycles. The maximum Gasteiger partial charge on any atom is 0.224 e. The summed E-state index contributed by atoms with van der Waals surface area (Å²) in [6.45, 7) is 4.23. The van der Waals surface area contributed by atoms with Crippen molar-refractivity contribution in [3.05, 3.63) is 41.7 Å². The summed E-state index contributed by atoms with van der Waals surface area (Å²) in [5.41, 5.74) is 9.57. The summed E-state index contributed by atoms with van der Waals surface area (Å²) in [5, 5.41) is 3.36. The van der Waals surface area contributed by atoms with Gasteiger partial charge in [-0.05, 0) is 24.5 Å². The summed E-state index contributed by atoms with van der Waals surface area (Å²) >= 11 is 0. The van der Waals surface area contributed by atoms with Gasteiger partial charge in [0.2, 0.25) is 5.95 Å². The molecule has 6 nitrogen and oxygen atoms in total. The largest absolute Gasteiger partial charge is 0.368 e. The number of hydrogen-bond donors (Lipinski definition) is 3. The number of hydrogen-bond acceptors (Lipinski definition) is 5. The van der Waals surface area contributed by atoms with Gasteiger partial charge in [0, 0.05) is 0 Å². The van der Waals surface area contributed by atoms with E-state index in [-0.39, 0.29) is 12.0 Å². The standard InChI is InChI=1S/C15H18N6/c1-3-10-4-6-11(7-5-10)9(2)19-14-12-13(18-8-17-12)20-15(16)21-14/h4-9H,3H2,1-2H3,(H4,16,17,18,19,20,21). The van der Waals surface area contributed by atoms with Crippen molar-refractivity contribution < 1.29 is 0 Å². The van der Waals surface area contributed by atoms with Crippen LogP contribution < -0.4 is 11.1 Å². The number of nitrogens with one attached hydrogen (secondary N) is 2. The van der Waals surface area contributed by atoms with Crippen molar-refractivity contribution in [2.24, 2.45) is 0 Å². The number of H-pyrrole nitrogens is 1. The van der Waals surface area contributed by atoms with Crippen LogP contribution in [0.15, 0.2) is 30.6 Å². The van der Waals surface area contributed by atoms with Gasteiger partial charge in [0.05, 0.1) is 12.4 Å². The summed E-state index contributed by atoms with van der Waals surface area (Å²) < 4.78 is 0. The molecule has 3 aromatic rings. The first-order valence-corrected chi connectivity index (χ1v) is 6.99. The molecule has 2 aromatic heterocycles. The number of nitrogen functional groups attached to an aromatic ring is 1. The van der Waals surface area contributed by atoms with Crippen LogP contribution in [0.4, 0.5) is 11.8 Å². The minimum Gasteiger partial charge on any atom is -0.368 e. The van der Waals surface area contributed by atoms with E-state index in [4.69, 9.17) is 5.73 Å². The van der Waals surface area contributed by atoms with Crippen molar-refractivity contribution in [3.63, 3.8) is 0 Å². The van der Waals surface area contributed by atoms with Gasteiger partial charge in [-0.1, -0.05) is 31.2 Å². The van der Waals surface area contributed by atoms with Crippen molar-refractivity contribution in [1.29, 1.82) is 0 Å². The fourth-order valence-electron chi connectivity index (χ4n) is 2.28. The van der Waals surface area contributed by atoms with Gasteiger partial charge in [-0.25, -0.2) is 4.98 Å². The van der Waals surface area contributed by atoms with Crippen molar-refractivity contribution in [2.75, 3.05) is 11.1 Å². The van der Waals surface area contributed by atoms with Crippen molar-refractivity contribution in [2.45, 2.75) is 26.3 Å². The first-order valence-electron chi connectivity index (χ1n) is 6.99. The Labute approximate surface area is 122 Å². The Balaban J connectivity index is 1.88. The molecule has 0 radical (unpaired) electrons. The van der Waals surface area contributed by atoms with E-state index in [0.29, 0.717) is 11.5 Å². The van der Waals surface area contributed by atoms with E-state index in [1.807, 2.05) is 0 Å². The van der Waals surface area contributed by atoms with Crippen LogP contribution in [0.2, 0.25) is 0 Å². The second-order valence-corrected chi connectivity index (χ2v) is 4.99. The van der Waals surface area contributed by atoms with Crippen molar-refractivity contribution in [3.8, 4) is 0 Å². The van der Waals surface area contributed by atoms with Gasteiger partial charge in [-0.3, -0.25) is 0 Å². The number of anilines is 2. The minimum atomic E-state index is 0.108. The van der Waals surface area contributed by atoms with E-state index in [0.717, 1.165) is 11.9 Å². The van der Waals surface area contributed by atoms with Crippen LogP contribution in [0.1, 0.15) is 31.0 Å². The topological polar surface area (TPSA) is 92.5 Å². The third-order valence-corrected chi connectivity index (χ3v) is 3.54. The lowest BCUT2D eigenvalue weighted by atomic mass is 10.1. The number of aryl methyl sites for hydroxylation is 1. The summed E-state index contributed by atoms with van der Waals surface area (Å²) in [6, 6.07) is 8.66. The second kappa shape index (κ2) is 5.40. The SMILES string of the molecule is CCc1ccc(C(C)Nc2nc(N)nc3nc[nH]c23)cc1. The average molecular weight is 282 g/mol. The molecule has 0 aliphatic heterocycles. The zero-order valence-electron chi connectivity index (χ0n) is 12.1. The van der Waals surface area contributed by atoms with Crippen LogP contribution in [-0.2, 0) is 6.42 Å². The zero-order chi connectivity index (χ0) is 14.8. The molecule has 3 rings (SSSR count). The van der Waals surface area contributed by atoms with E-state index in [2.05, 4.69) is 63.4 Å². The smallest absolute Gasteiger partial charge is 0.224 e. The second-order valence-electron chi connectivity index (χ2n) is 4.99. The summed E-state index contributed by atoms with van der Waals surface area (Å²) in [7, 11) is 0. The zero-order valence-corrected chi connectivity index (χ0v) is 12.1. The molecule has 2 heterocycles. The number of fused-ring (bicyclic) bond motifs is 1. The van der Waals surface area contributed by atoms with Gasteiger partial charge in [-0.2, -0.15) is 9.97 Å². The van der Waals surface area contributed by atoms with Gasteiger partial charge in [-0.15, -0.1) is 0 Å². The summed E-state index contributed by atoms with van der Waals surface area (Å²) in [4.78, 5) is 15.5. The molecule has 6 heteroatoms. The van der Waals surface area contributed by atoms with Crippen LogP contribution in [0, 0.1) is 0 Å². The van der Waals surface area contributed by atoms with Crippen molar-refractivity contribution in [1.82, 2.24) is 19.9 Å². The van der Waals surface area contributed by atoms with E-state index < -0.39 is 0 Å².